The second-order valence-electron chi connectivity index (χ2n) is 7.70. The molecule has 1 aliphatic heterocycles. The Labute approximate surface area is 201 Å². The molecule has 2 aromatic rings. The van der Waals surface area contributed by atoms with Crippen LogP contribution in [-0.2, 0) is 16.1 Å². The van der Waals surface area contributed by atoms with Gasteiger partial charge in [-0.25, -0.2) is 0 Å². The van der Waals surface area contributed by atoms with Crippen molar-refractivity contribution in [3.8, 4) is 0 Å². The van der Waals surface area contributed by atoms with E-state index in [-0.39, 0.29) is 48.5 Å². The Morgan fingerprint density at radius 1 is 1.12 bits per heavy atom. The summed E-state index contributed by atoms with van der Waals surface area (Å²) < 4.78 is 0. The van der Waals surface area contributed by atoms with Crippen LogP contribution < -0.4 is 21.7 Å². The molecular formula is C23H31Cl2N5O2. The maximum Gasteiger partial charge on any atom is 0.242 e. The van der Waals surface area contributed by atoms with Crippen LogP contribution in [0.2, 0.25) is 0 Å². The summed E-state index contributed by atoms with van der Waals surface area (Å²) in [6.07, 6.45) is 1.71. The van der Waals surface area contributed by atoms with Gasteiger partial charge in [0.15, 0.2) is 0 Å². The first-order valence-electron chi connectivity index (χ1n) is 10.2. The van der Waals surface area contributed by atoms with E-state index in [1.165, 1.54) is 5.56 Å². The maximum absolute atomic E-state index is 12.7. The molecule has 1 saturated heterocycles. The molecule has 3 atom stereocenters. The van der Waals surface area contributed by atoms with Crippen LogP contribution >= 0.6 is 24.8 Å². The lowest BCUT2D eigenvalue weighted by Crippen LogP contribution is -2.53. The van der Waals surface area contributed by atoms with Crippen LogP contribution in [-0.4, -0.2) is 36.3 Å². The fourth-order valence-corrected chi connectivity index (χ4v) is 3.67. The number of amides is 2. The normalized spacial score (nSPS) is 18.3. The molecule has 1 fully saturated rings. The van der Waals surface area contributed by atoms with E-state index in [9.17, 15) is 9.59 Å². The molecule has 0 unspecified atom stereocenters. The Morgan fingerprint density at radius 3 is 2.41 bits per heavy atom. The summed E-state index contributed by atoms with van der Waals surface area (Å²) in [5, 5.41) is 16.3. The van der Waals surface area contributed by atoms with Crippen molar-refractivity contribution in [2.24, 2.45) is 5.73 Å². The lowest BCUT2D eigenvalue weighted by molar-refractivity contribution is -0.130. The fraction of sp³-hybridized carbons (Fsp3) is 0.348. The molecule has 2 aromatic carbocycles. The minimum absolute atomic E-state index is 0. The van der Waals surface area contributed by atoms with E-state index in [1.54, 1.807) is 19.1 Å². The molecule has 1 aliphatic rings. The number of hydrogen-bond donors (Lipinski definition) is 5. The third-order valence-electron chi connectivity index (χ3n) is 5.47. The number of hydrogen-bond acceptors (Lipinski definition) is 4. The van der Waals surface area contributed by atoms with Crippen LogP contribution in [0.15, 0.2) is 54.6 Å². The van der Waals surface area contributed by atoms with Crippen molar-refractivity contribution < 1.29 is 9.59 Å². The zero-order valence-corrected chi connectivity index (χ0v) is 19.6. The van der Waals surface area contributed by atoms with Gasteiger partial charge >= 0.3 is 0 Å². The van der Waals surface area contributed by atoms with Crippen molar-refractivity contribution >= 4 is 42.5 Å². The van der Waals surface area contributed by atoms with Gasteiger partial charge in [0.05, 0.1) is 6.04 Å². The minimum Gasteiger partial charge on any atom is -0.384 e. The van der Waals surface area contributed by atoms with Crippen molar-refractivity contribution in [2.75, 3.05) is 6.54 Å². The molecule has 0 aromatic heterocycles. The van der Waals surface area contributed by atoms with Gasteiger partial charge in [-0.3, -0.25) is 15.0 Å². The average molecular weight is 480 g/mol. The highest BCUT2D eigenvalue weighted by atomic mass is 35.5. The molecular weight excluding hydrogens is 449 g/mol. The highest BCUT2D eigenvalue weighted by molar-refractivity contribution is 5.95. The zero-order valence-electron chi connectivity index (χ0n) is 18.0. The van der Waals surface area contributed by atoms with E-state index in [4.69, 9.17) is 11.1 Å². The smallest absolute Gasteiger partial charge is 0.242 e. The predicted octanol–water partition coefficient (Wildman–Crippen LogP) is 2.47. The molecule has 0 spiro atoms. The SMILES string of the molecule is C[C@H](NC(=O)[C@@H]1C[C@H](c2ccccc2)CCN1)C(=O)NCc1ccc(C(=N)N)cc1.Cl.Cl. The molecule has 3 rings (SSSR count). The summed E-state index contributed by atoms with van der Waals surface area (Å²) in [6.45, 7) is 2.80. The van der Waals surface area contributed by atoms with Gasteiger partial charge < -0.3 is 21.7 Å². The third kappa shape index (κ3) is 7.51. The number of nitrogens with one attached hydrogen (secondary N) is 4. The van der Waals surface area contributed by atoms with Crippen LogP contribution in [0.25, 0.3) is 0 Å². The molecule has 32 heavy (non-hydrogen) atoms. The molecule has 6 N–H and O–H groups in total. The Balaban J connectivity index is 0.00000256. The number of halogens is 2. The quantitative estimate of drug-likeness (QED) is 0.309. The molecule has 2 amide bonds. The van der Waals surface area contributed by atoms with E-state index in [2.05, 4.69) is 28.1 Å². The second-order valence-corrected chi connectivity index (χ2v) is 7.70. The molecule has 0 aliphatic carbocycles. The first-order valence-corrected chi connectivity index (χ1v) is 10.2. The van der Waals surface area contributed by atoms with Crippen molar-refractivity contribution in [2.45, 2.75) is 44.3 Å². The van der Waals surface area contributed by atoms with Gasteiger partial charge in [0, 0.05) is 12.1 Å². The number of rotatable bonds is 7. The van der Waals surface area contributed by atoms with E-state index >= 15 is 0 Å². The summed E-state index contributed by atoms with van der Waals surface area (Å²) in [7, 11) is 0. The van der Waals surface area contributed by atoms with E-state index < -0.39 is 6.04 Å². The summed E-state index contributed by atoms with van der Waals surface area (Å²) >= 11 is 0. The lowest BCUT2D eigenvalue weighted by atomic mass is 9.86. The van der Waals surface area contributed by atoms with E-state index in [1.807, 2.05) is 30.3 Å². The van der Waals surface area contributed by atoms with E-state index in [0.717, 1.165) is 18.5 Å². The van der Waals surface area contributed by atoms with Crippen molar-refractivity contribution in [3.63, 3.8) is 0 Å². The highest BCUT2D eigenvalue weighted by Crippen LogP contribution is 2.27. The number of piperidine rings is 1. The summed E-state index contributed by atoms with van der Waals surface area (Å²) in [5.74, 6) is -0.0449. The van der Waals surface area contributed by atoms with Crippen molar-refractivity contribution in [1.29, 1.82) is 5.41 Å². The van der Waals surface area contributed by atoms with Gasteiger partial charge in [-0.05, 0) is 43.4 Å². The minimum atomic E-state index is -0.632. The third-order valence-corrected chi connectivity index (χ3v) is 5.47. The molecule has 9 heteroatoms. The number of nitrogen functional groups attached to an aromatic ring is 1. The molecule has 7 nitrogen and oxygen atoms in total. The zero-order chi connectivity index (χ0) is 21.5. The first kappa shape index (κ1) is 27.4. The maximum atomic E-state index is 12.7. The van der Waals surface area contributed by atoms with Crippen molar-refractivity contribution in [3.05, 3.63) is 71.3 Å². The van der Waals surface area contributed by atoms with Crippen LogP contribution in [0.5, 0.6) is 0 Å². The van der Waals surface area contributed by atoms with Crippen molar-refractivity contribution in [1.82, 2.24) is 16.0 Å². The second kappa shape index (κ2) is 13.1. The van der Waals surface area contributed by atoms with Gasteiger partial charge in [0.1, 0.15) is 11.9 Å². The monoisotopic (exact) mass is 479 g/mol. The van der Waals surface area contributed by atoms with Crippen LogP contribution in [0.4, 0.5) is 0 Å². The van der Waals surface area contributed by atoms with Gasteiger partial charge in [-0.2, -0.15) is 0 Å². The highest BCUT2D eigenvalue weighted by Gasteiger charge is 2.29. The Morgan fingerprint density at radius 2 is 1.78 bits per heavy atom. The molecule has 0 radical (unpaired) electrons. The summed E-state index contributed by atoms with van der Waals surface area (Å²) in [5.41, 5.74) is 8.23. The van der Waals surface area contributed by atoms with Crippen LogP contribution in [0.1, 0.15) is 42.4 Å². The number of nitrogens with two attached hydrogens (primary N) is 1. The molecule has 0 bridgehead atoms. The number of carbonyl (C=O) groups excluding carboxylic acids is 2. The summed E-state index contributed by atoms with van der Waals surface area (Å²) in [4.78, 5) is 25.1. The Bertz CT molecular complexity index is 893. The van der Waals surface area contributed by atoms with Gasteiger partial charge in [-0.15, -0.1) is 24.8 Å². The van der Waals surface area contributed by atoms with Crippen LogP contribution in [0, 0.1) is 5.41 Å². The van der Waals surface area contributed by atoms with Gasteiger partial charge in [-0.1, -0.05) is 54.6 Å². The Hall–Kier alpha value is -2.61. The standard InChI is InChI=1S/C23H29N5O2.2ClH/c1-15(22(29)27-14-16-7-9-18(10-8-16)21(24)25)28-23(30)20-13-19(11-12-26-20)17-5-3-2-4-6-17;;/h2-10,15,19-20,26H,11-14H2,1H3,(H3,24,25)(H,27,29)(H,28,30);2*1H/t15-,19+,20-;;/m0../s1. The molecule has 1 heterocycles. The van der Waals surface area contributed by atoms with Crippen LogP contribution in [0.3, 0.4) is 0 Å². The predicted molar refractivity (Wildman–Crippen MR) is 132 cm³/mol. The van der Waals surface area contributed by atoms with Gasteiger partial charge in [0.2, 0.25) is 11.8 Å². The topological polar surface area (TPSA) is 120 Å². The largest absolute Gasteiger partial charge is 0.384 e. The van der Waals surface area contributed by atoms with E-state index in [0.29, 0.717) is 24.4 Å². The fourth-order valence-electron chi connectivity index (χ4n) is 3.67. The first-order chi connectivity index (χ1) is 14.4. The number of benzene rings is 2. The van der Waals surface area contributed by atoms with Gasteiger partial charge in [0.25, 0.3) is 0 Å². The Kier molecular flexibility index (Phi) is 11.2. The summed E-state index contributed by atoms with van der Waals surface area (Å²) in [6, 6.07) is 16.4. The molecule has 174 valence electrons. The number of carbonyl (C=O) groups is 2. The molecule has 0 saturated carbocycles. The average Bonchev–Trinajstić information content (AvgIpc) is 2.78. The lowest BCUT2D eigenvalue weighted by Gasteiger charge is -2.30. The number of amidine groups is 1.